The molecule has 0 amide bonds. The van der Waals surface area contributed by atoms with Crippen LogP contribution >= 0.6 is 0 Å². The van der Waals surface area contributed by atoms with E-state index in [1.165, 1.54) is 0 Å². The first-order valence-corrected chi connectivity index (χ1v) is 6.97. The fourth-order valence-corrected chi connectivity index (χ4v) is 2.61. The van der Waals surface area contributed by atoms with Crippen molar-refractivity contribution in [1.29, 1.82) is 0 Å². The van der Waals surface area contributed by atoms with Crippen LogP contribution in [0.15, 0.2) is 12.1 Å². The van der Waals surface area contributed by atoms with E-state index >= 15 is 0 Å². The standard InChI is InChI=1S/C16H21F2N3/c1-9-6-7-12(16(18)15(9)17)14(19-4)8-13-10(2)20-21(5)11(13)3/h6-7,14,19H,8H2,1-5H3. The molecule has 21 heavy (non-hydrogen) atoms. The van der Waals surface area contributed by atoms with Gasteiger partial charge in [-0.25, -0.2) is 8.78 Å². The molecule has 2 rings (SSSR count). The van der Waals surface area contributed by atoms with E-state index in [9.17, 15) is 8.78 Å². The van der Waals surface area contributed by atoms with Crippen LogP contribution in [0.3, 0.4) is 0 Å². The Morgan fingerprint density at radius 1 is 1.19 bits per heavy atom. The molecule has 1 N–H and O–H groups in total. The second kappa shape index (κ2) is 5.93. The number of rotatable bonds is 4. The second-order valence-corrected chi connectivity index (χ2v) is 5.42. The molecule has 1 atom stereocenters. The van der Waals surface area contributed by atoms with Gasteiger partial charge in [0.05, 0.1) is 5.69 Å². The van der Waals surface area contributed by atoms with Gasteiger partial charge in [-0.3, -0.25) is 4.68 Å². The summed E-state index contributed by atoms with van der Waals surface area (Å²) >= 11 is 0. The van der Waals surface area contributed by atoms with E-state index in [0.29, 0.717) is 17.5 Å². The molecule has 0 aliphatic heterocycles. The Kier molecular flexibility index (Phi) is 4.42. The highest BCUT2D eigenvalue weighted by molar-refractivity contribution is 5.32. The molecule has 3 nitrogen and oxygen atoms in total. The summed E-state index contributed by atoms with van der Waals surface area (Å²) in [5.41, 5.74) is 3.70. The Morgan fingerprint density at radius 2 is 1.86 bits per heavy atom. The predicted octanol–water partition coefficient (Wildman–Crippen LogP) is 3.13. The van der Waals surface area contributed by atoms with Crippen molar-refractivity contribution in [2.24, 2.45) is 7.05 Å². The van der Waals surface area contributed by atoms with Crippen molar-refractivity contribution in [3.63, 3.8) is 0 Å². The fraction of sp³-hybridized carbons (Fsp3) is 0.438. The van der Waals surface area contributed by atoms with E-state index in [1.807, 2.05) is 25.6 Å². The average Bonchev–Trinajstić information content (AvgIpc) is 2.69. The zero-order valence-corrected chi connectivity index (χ0v) is 13.1. The highest BCUT2D eigenvalue weighted by Gasteiger charge is 2.21. The topological polar surface area (TPSA) is 29.9 Å². The van der Waals surface area contributed by atoms with Crippen molar-refractivity contribution >= 4 is 0 Å². The Balaban J connectivity index is 2.39. The molecule has 1 unspecified atom stereocenters. The van der Waals surface area contributed by atoms with Gasteiger partial charge < -0.3 is 5.32 Å². The molecule has 0 fully saturated rings. The lowest BCUT2D eigenvalue weighted by molar-refractivity contribution is 0.468. The number of halogens is 2. The Morgan fingerprint density at radius 3 is 2.38 bits per heavy atom. The van der Waals surface area contributed by atoms with Crippen molar-refractivity contribution in [3.05, 3.63) is 51.8 Å². The van der Waals surface area contributed by atoms with Crippen molar-refractivity contribution in [2.45, 2.75) is 33.2 Å². The van der Waals surface area contributed by atoms with Crippen LogP contribution in [-0.2, 0) is 13.5 Å². The van der Waals surface area contributed by atoms with Gasteiger partial charge in [-0.05, 0) is 45.4 Å². The smallest absolute Gasteiger partial charge is 0.163 e. The lowest BCUT2D eigenvalue weighted by Crippen LogP contribution is -2.21. The minimum absolute atomic E-state index is 0.290. The van der Waals surface area contributed by atoms with E-state index in [1.54, 1.807) is 26.1 Å². The van der Waals surface area contributed by atoms with Crippen LogP contribution in [0, 0.1) is 32.4 Å². The molecule has 1 aromatic heterocycles. The molecule has 0 aliphatic rings. The highest BCUT2D eigenvalue weighted by atomic mass is 19.2. The molecule has 1 heterocycles. The van der Waals surface area contributed by atoms with Gasteiger partial charge in [0, 0.05) is 24.3 Å². The van der Waals surface area contributed by atoms with Gasteiger partial charge >= 0.3 is 0 Å². The van der Waals surface area contributed by atoms with Crippen molar-refractivity contribution in [3.8, 4) is 0 Å². The number of hydrogen-bond donors (Lipinski definition) is 1. The average molecular weight is 293 g/mol. The maximum Gasteiger partial charge on any atom is 0.163 e. The summed E-state index contributed by atoms with van der Waals surface area (Å²) in [4.78, 5) is 0. The fourth-order valence-electron chi connectivity index (χ4n) is 2.61. The summed E-state index contributed by atoms with van der Waals surface area (Å²) in [7, 11) is 3.63. The van der Waals surface area contributed by atoms with Crippen LogP contribution in [0.25, 0.3) is 0 Å². The summed E-state index contributed by atoms with van der Waals surface area (Å²) in [5, 5.41) is 7.44. The summed E-state index contributed by atoms with van der Waals surface area (Å²) in [5.74, 6) is -1.54. The molecule has 2 aromatic rings. The number of likely N-dealkylation sites (N-methyl/N-ethyl adjacent to an activating group) is 1. The van der Waals surface area contributed by atoms with Gasteiger partial charge in [0.2, 0.25) is 0 Å². The zero-order valence-electron chi connectivity index (χ0n) is 13.1. The van der Waals surface area contributed by atoms with Gasteiger partial charge in [-0.2, -0.15) is 5.10 Å². The van der Waals surface area contributed by atoms with Gasteiger partial charge in [-0.15, -0.1) is 0 Å². The maximum atomic E-state index is 14.2. The summed E-state index contributed by atoms with van der Waals surface area (Å²) < 4.78 is 29.8. The van der Waals surface area contributed by atoms with Gasteiger partial charge in [0.25, 0.3) is 0 Å². The summed E-state index contributed by atoms with van der Waals surface area (Å²) in [6.07, 6.45) is 0.571. The molecule has 0 spiro atoms. The van der Waals surface area contributed by atoms with Gasteiger partial charge in [0.1, 0.15) is 0 Å². The quantitative estimate of drug-likeness (QED) is 0.938. The van der Waals surface area contributed by atoms with Crippen LogP contribution in [0.2, 0.25) is 0 Å². The first-order chi connectivity index (χ1) is 9.86. The molecule has 0 radical (unpaired) electrons. The van der Waals surface area contributed by atoms with Crippen LogP contribution < -0.4 is 5.32 Å². The Bertz CT molecular complexity index is 662. The summed E-state index contributed by atoms with van der Waals surface area (Å²) in [6.45, 7) is 5.47. The third-order valence-corrected chi connectivity index (χ3v) is 4.10. The number of benzene rings is 1. The molecular formula is C16H21F2N3. The number of aromatic nitrogens is 2. The van der Waals surface area contributed by atoms with Crippen LogP contribution in [0.4, 0.5) is 8.78 Å². The van der Waals surface area contributed by atoms with Gasteiger partial charge in [-0.1, -0.05) is 12.1 Å². The predicted molar refractivity (Wildman–Crippen MR) is 79.3 cm³/mol. The first kappa shape index (κ1) is 15.6. The van der Waals surface area contributed by atoms with Crippen LogP contribution in [-0.4, -0.2) is 16.8 Å². The normalized spacial score (nSPS) is 12.7. The molecule has 114 valence electrons. The maximum absolute atomic E-state index is 14.2. The third-order valence-electron chi connectivity index (χ3n) is 4.10. The Hall–Kier alpha value is -1.75. The number of nitrogens with zero attached hydrogens (tertiary/aromatic N) is 2. The van der Waals surface area contributed by atoms with Crippen molar-refractivity contribution in [1.82, 2.24) is 15.1 Å². The zero-order chi connectivity index (χ0) is 15.7. The first-order valence-electron chi connectivity index (χ1n) is 6.97. The highest BCUT2D eigenvalue weighted by Crippen LogP contribution is 2.26. The lowest BCUT2D eigenvalue weighted by atomic mass is 9.96. The molecule has 0 aliphatic carbocycles. The van der Waals surface area contributed by atoms with Crippen LogP contribution in [0.1, 0.15) is 34.1 Å². The lowest BCUT2D eigenvalue weighted by Gasteiger charge is -2.18. The Labute approximate surface area is 124 Å². The SMILES string of the molecule is CNC(Cc1c(C)nn(C)c1C)c1ccc(C)c(F)c1F. The van der Waals surface area contributed by atoms with Crippen LogP contribution in [0.5, 0.6) is 0 Å². The van der Waals surface area contributed by atoms with Gasteiger partial charge in [0.15, 0.2) is 11.6 Å². The van der Waals surface area contributed by atoms with E-state index in [2.05, 4.69) is 10.4 Å². The van der Waals surface area contributed by atoms with E-state index < -0.39 is 11.6 Å². The second-order valence-electron chi connectivity index (χ2n) is 5.42. The molecule has 0 saturated heterocycles. The number of hydrogen-bond acceptors (Lipinski definition) is 2. The van der Waals surface area contributed by atoms with E-state index in [-0.39, 0.29) is 6.04 Å². The monoisotopic (exact) mass is 293 g/mol. The molecule has 1 aromatic carbocycles. The largest absolute Gasteiger partial charge is 0.313 e. The minimum atomic E-state index is -0.771. The molecular weight excluding hydrogens is 272 g/mol. The summed E-state index contributed by atoms with van der Waals surface area (Å²) in [6, 6.07) is 2.97. The molecule has 0 saturated carbocycles. The van der Waals surface area contributed by atoms with Crippen molar-refractivity contribution in [2.75, 3.05) is 7.05 Å². The number of nitrogens with one attached hydrogen (secondary N) is 1. The number of aryl methyl sites for hydroxylation is 3. The van der Waals surface area contributed by atoms with Crippen molar-refractivity contribution < 1.29 is 8.78 Å². The van der Waals surface area contributed by atoms with E-state index in [4.69, 9.17) is 0 Å². The molecule has 0 bridgehead atoms. The third kappa shape index (κ3) is 2.83. The molecule has 5 heteroatoms. The minimum Gasteiger partial charge on any atom is -0.313 e. The van der Waals surface area contributed by atoms with E-state index in [0.717, 1.165) is 17.0 Å².